The highest BCUT2D eigenvalue weighted by Crippen LogP contribution is 2.56. The molecule has 4 aromatic rings. The molecule has 0 aliphatic carbocycles. The average molecular weight is 1960 g/mol. The highest BCUT2D eigenvalue weighted by atomic mass is 31.2. The molecule has 0 atom stereocenters. The van der Waals surface area contributed by atoms with E-state index in [9.17, 15) is 74.9 Å². The summed E-state index contributed by atoms with van der Waals surface area (Å²) in [7, 11) is -11.4. The van der Waals surface area contributed by atoms with Crippen LogP contribution >= 0.6 is 60.8 Å². The van der Waals surface area contributed by atoms with E-state index in [0.717, 1.165) is 131 Å². The molecule has 0 radical (unpaired) electrons. The SMILES string of the molecule is COP(=O)(CN(CCCC(=O)NNC(=O)c1cc(COc2cc(COc3ccc(C)cc3)cc(OCc3cc(C(=O)NNC(=O)CCCN(CP(=O)(OC)OC)CP(=O)(OC)OC)cc(C(=O)NNC(=O)CCCN(CP(=O)(OC)OC)CP(=O)(OC)OC)c3)c2)cc(C(=O)NNC(=O)CCCN(CP(=O)(OC)OC)CP(=O)(OC)OC)c1)CP(=O)(OC)OC)OC. The van der Waals surface area contributed by atoms with Crippen LogP contribution in [-0.4, -0.2) is 257 Å². The zero-order chi connectivity index (χ0) is 94.8. The van der Waals surface area contributed by atoms with Crippen molar-refractivity contribution >= 4 is 108 Å². The van der Waals surface area contributed by atoms with E-state index >= 15 is 0 Å². The second-order valence-electron chi connectivity index (χ2n) is 27.3. The quantitative estimate of drug-likeness (QED) is 0.0150. The Hall–Kier alpha value is -6.92. The number of carbonyl (C=O) groups is 8. The van der Waals surface area contributed by atoms with Crippen molar-refractivity contribution in [3.8, 4) is 17.2 Å². The summed E-state index contributed by atoms with van der Waals surface area (Å²) in [5, 5.41) is 0. The van der Waals surface area contributed by atoms with E-state index in [1.807, 2.05) is 19.1 Å². The lowest BCUT2D eigenvalue weighted by molar-refractivity contribution is -0.122. The molecule has 0 aromatic heterocycles. The van der Waals surface area contributed by atoms with E-state index in [1.165, 1.54) is 49.9 Å². The number of hydrazine groups is 4. The topological polar surface area (TPSA) is 558 Å². The molecule has 0 spiro atoms. The van der Waals surface area contributed by atoms with Crippen molar-refractivity contribution in [2.24, 2.45) is 0 Å². The number of nitrogens with one attached hydrogen (secondary N) is 8. The number of carbonyl (C=O) groups excluding carboxylic acids is 8. The van der Waals surface area contributed by atoms with Crippen LogP contribution in [-0.2, 0) is 148 Å². The maximum atomic E-state index is 14.2. The van der Waals surface area contributed by atoms with E-state index in [0.29, 0.717) is 11.3 Å². The highest BCUT2D eigenvalue weighted by Gasteiger charge is 2.37. The third kappa shape index (κ3) is 40.0. The molecule has 0 fully saturated rings. The minimum Gasteiger partial charge on any atom is -0.489 e. The normalized spacial score (nSPS) is 12.4. The van der Waals surface area contributed by atoms with Gasteiger partial charge in [-0.2, -0.15) is 0 Å². The number of hydrogen-bond donors (Lipinski definition) is 8. The lowest BCUT2D eigenvalue weighted by atomic mass is 10.0. The predicted molar refractivity (Wildman–Crippen MR) is 462 cm³/mol. The molecule has 0 saturated carbocycles. The van der Waals surface area contributed by atoms with Gasteiger partial charge in [-0.05, 0) is 136 Å². The molecule has 8 amide bonds. The minimum atomic E-state index is -3.75. The second-order valence-corrected chi connectivity index (χ2v) is 45.1. The molecule has 4 rings (SSSR count). The van der Waals surface area contributed by atoms with Gasteiger partial charge < -0.3 is 86.6 Å². The molecule has 55 heteroatoms. The smallest absolute Gasteiger partial charge is 0.344 e. The molecule has 716 valence electrons. The van der Waals surface area contributed by atoms with Gasteiger partial charge in [-0.1, -0.05) is 17.7 Å². The Morgan fingerprint density at radius 1 is 0.252 bits per heavy atom. The van der Waals surface area contributed by atoms with Crippen LogP contribution in [0.2, 0.25) is 0 Å². The van der Waals surface area contributed by atoms with Gasteiger partial charge in [0.15, 0.2) is 0 Å². The Balaban J connectivity index is 1.76. The fourth-order valence-corrected chi connectivity index (χ4v) is 20.7. The van der Waals surface area contributed by atoms with Gasteiger partial charge >= 0.3 is 60.8 Å². The molecule has 0 aliphatic rings. The van der Waals surface area contributed by atoms with Gasteiger partial charge in [-0.25, -0.2) is 0 Å². The van der Waals surface area contributed by atoms with Crippen LogP contribution in [0.3, 0.4) is 0 Å². The lowest BCUT2D eigenvalue weighted by Gasteiger charge is -2.27. The molecule has 0 saturated heterocycles. The zero-order valence-corrected chi connectivity index (χ0v) is 81.1. The Bertz CT molecular complexity index is 4040. The summed E-state index contributed by atoms with van der Waals surface area (Å²) in [4.78, 5) is 116. The van der Waals surface area contributed by atoms with Crippen LogP contribution in [0, 0.1) is 6.92 Å². The van der Waals surface area contributed by atoms with Crippen LogP contribution in [0.1, 0.15) is 115 Å². The Kier molecular flexibility index (Phi) is 49.1. The van der Waals surface area contributed by atoms with Crippen LogP contribution in [0.4, 0.5) is 0 Å². The van der Waals surface area contributed by atoms with Gasteiger partial charge in [-0.3, -0.25) is 138 Å². The van der Waals surface area contributed by atoms with Crippen LogP contribution in [0.25, 0.3) is 0 Å². The van der Waals surface area contributed by atoms with E-state index in [1.54, 1.807) is 24.3 Å². The summed E-state index contributed by atoms with van der Waals surface area (Å²) in [6.07, 6.45) is -3.98. The molecule has 0 heterocycles. The molecule has 0 aliphatic heterocycles. The summed E-state index contributed by atoms with van der Waals surface area (Å²) in [6.45, 7) is 0.802. The van der Waals surface area contributed by atoms with Gasteiger partial charge in [0.25, 0.3) is 23.6 Å². The van der Waals surface area contributed by atoms with E-state index in [4.69, 9.17) is 86.6 Å². The predicted octanol–water partition coefficient (Wildman–Crippen LogP) is 9.65. The second kappa shape index (κ2) is 55.4. The van der Waals surface area contributed by atoms with Crippen molar-refractivity contribution in [1.82, 2.24) is 63.0 Å². The monoisotopic (exact) mass is 1960 g/mol. The Labute approximate surface area is 738 Å². The van der Waals surface area contributed by atoms with Crippen LogP contribution in [0.15, 0.2) is 78.9 Å². The molecule has 8 N–H and O–H groups in total. The molecular weight excluding hydrogens is 1840 g/mol. The molecule has 0 bridgehead atoms. The molecule has 47 nitrogen and oxygen atoms in total. The number of aryl methyl sites for hydroxylation is 1. The van der Waals surface area contributed by atoms with Crippen molar-refractivity contribution in [3.63, 3.8) is 0 Å². The highest BCUT2D eigenvalue weighted by molar-refractivity contribution is 7.56. The minimum absolute atomic E-state index is 0.0237. The summed E-state index contributed by atoms with van der Waals surface area (Å²) < 4.78 is 205. The molecule has 0 unspecified atom stereocenters. The summed E-state index contributed by atoms with van der Waals surface area (Å²) in [5.74, 6) is -6.13. The molecule has 127 heavy (non-hydrogen) atoms. The van der Waals surface area contributed by atoms with Crippen molar-refractivity contribution in [3.05, 3.63) is 123 Å². The maximum Gasteiger partial charge on any atom is 0.344 e. The Morgan fingerprint density at radius 2 is 0.441 bits per heavy atom. The van der Waals surface area contributed by atoms with Gasteiger partial charge in [0.05, 0.1) is 0 Å². The van der Waals surface area contributed by atoms with Crippen LogP contribution < -0.4 is 57.6 Å². The number of hydrogen-bond acceptors (Lipinski definition) is 39. The third-order valence-corrected chi connectivity index (χ3v) is 33.3. The summed E-state index contributed by atoms with van der Waals surface area (Å²) >= 11 is 0. The Morgan fingerprint density at radius 3 is 0.638 bits per heavy atom. The number of rotatable bonds is 61. The number of amides is 8. The summed E-state index contributed by atoms with van der Waals surface area (Å²) in [6, 6.07) is 19.4. The van der Waals surface area contributed by atoms with E-state index in [2.05, 4.69) is 43.4 Å². The van der Waals surface area contributed by atoms with Crippen molar-refractivity contribution in [1.29, 1.82) is 0 Å². The first-order valence-electron chi connectivity index (χ1n) is 38.3. The zero-order valence-electron chi connectivity index (χ0n) is 73.9. The lowest BCUT2D eigenvalue weighted by Crippen LogP contribution is -2.43. The standard InChI is InChI=1S/C72H118N12O35P8/c1-54-26-28-62(29-27-54)117-45-57-38-63(118-43-55-34-58(69(89)77-73-65(85)22-18-30-81(46-120(93,101-2)102-3)47-121(94,103-4)104-5)40-59(35-55)70(90)78-74-66(86)23-19-31-82(48-122(95,105-6)106-7)49-123(96,107-8)108-9)42-64(39-57)119-44-56-36-60(71(91)79-75-67(87)24-20-32-83(50-124(97,109-10)110-11)51-125(98,111-12)112-13)41-61(37-56)72(92)80-76-68(88)25-21-33-84(52-126(99,113-14)114-15)53-127(100,115-16)116-17/h26-29,34-42H,18-25,30-33,43-53H2,1-17H3,(H,73,85)(H,74,86)(H,75,87)(H,76,88)(H,77,89)(H,78,90)(H,79,91)(H,80,92). The molecule has 4 aromatic carbocycles. The van der Waals surface area contributed by atoms with Gasteiger partial charge in [0.1, 0.15) is 87.4 Å². The number of nitrogens with zero attached hydrogens (tertiary/aromatic N) is 4. The van der Waals surface area contributed by atoms with Crippen molar-refractivity contribution in [2.75, 3.05) is 190 Å². The third-order valence-electron chi connectivity index (χ3n) is 18.4. The fourth-order valence-electron chi connectivity index (χ4n) is 11.2. The first-order valence-corrected chi connectivity index (χ1v) is 52.2. The first kappa shape index (κ1) is 112. The van der Waals surface area contributed by atoms with Crippen molar-refractivity contribution in [2.45, 2.75) is 78.1 Å². The van der Waals surface area contributed by atoms with Gasteiger partial charge in [0.2, 0.25) is 23.6 Å². The van der Waals surface area contributed by atoms with Gasteiger partial charge in [0, 0.05) is 168 Å². The summed E-state index contributed by atoms with van der Waals surface area (Å²) in [5.41, 5.74) is 19.2. The van der Waals surface area contributed by atoms with Gasteiger partial charge in [-0.15, -0.1) is 0 Å². The first-order chi connectivity index (χ1) is 60.1. The molecular formula is C72H118N12O35P8. The van der Waals surface area contributed by atoms with Crippen LogP contribution in [0.5, 0.6) is 17.2 Å². The fraction of sp³-hybridized carbons (Fsp3) is 0.556. The average Bonchev–Trinajstić information content (AvgIpc) is 0.820. The maximum absolute atomic E-state index is 14.2. The van der Waals surface area contributed by atoms with E-state index < -0.39 is 121 Å². The largest absolute Gasteiger partial charge is 0.489 e. The number of benzene rings is 4. The van der Waals surface area contributed by atoms with Crippen molar-refractivity contribution < 1.29 is 161 Å². The number of ether oxygens (including phenoxy) is 3. The van der Waals surface area contributed by atoms with E-state index in [-0.39, 0.29) is 179 Å².